The van der Waals surface area contributed by atoms with E-state index in [0.717, 1.165) is 4.47 Å². The number of alkyl halides is 1. The molecule has 0 fully saturated rings. The highest BCUT2D eigenvalue weighted by Gasteiger charge is 2.16. The van der Waals surface area contributed by atoms with Gasteiger partial charge in [0.05, 0.1) is 0 Å². The van der Waals surface area contributed by atoms with Gasteiger partial charge in [-0.05, 0) is 22.6 Å². The van der Waals surface area contributed by atoms with Gasteiger partial charge in [-0.3, -0.25) is 0 Å². The van der Waals surface area contributed by atoms with Crippen molar-refractivity contribution in [1.29, 1.82) is 0 Å². The quantitative estimate of drug-likeness (QED) is 0.654. The van der Waals surface area contributed by atoms with Gasteiger partial charge in [0.2, 0.25) is 0 Å². The van der Waals surface area contributed by atoms with Gasteiger partial charge in [0.25, 0.3) is 0 Å². The molecular weight excluding hydrogens is 247 g/mol. The summed E-state index contributed by atoms with van der Waals surface area (Å²) >= 11 is 9.34. The topological polar surface area (TPSA) is 0 Å². The number of rotatable bonds is 1. The van der Waals surface area contributed by atoms with Gasteiger partial charge in [-0.25, -0.2) is 0 Å². The van der Waals surface area contributed by atoms with Crippen LogP contribution in [0, 0.1) is 0 Å². The summed E-state index contributed by atoms with van der Waals surface area (Å²) in [6.07, 6.45) is 0. The highest BCUT2D eigenvalue weighted by molar-refractivity contribution is 9.10. The summed E-state index contributed by atoms with van der Waals surface area (Å²) in [6, 6.07) is 6.28. The van der Waals surface area contributed by atoms with Gasteiger partial charge in [0, 0.05) is 10.4 Å². The Morgan fingerprint density at radius 2 is 1.92 bits per heavy atom. The minimum Gasteiger partial charge on any atom is -0.122 e. The van der Waals surface area contributed by atoms with E-state index < -0.39 is 0 Å². The Kier molecular flexibility index (Phi) is 3.42. The van der Waals surface area contributed by atoms with Crippen molar-refractivity contribution in [3.8, 4) is 0 Å². The Morgan fingerprint density at radius 3 is 2.38 bits per heavy atom. The molecule has 0 unspecified atom stereocenters. The first-order valence-electron chi connectivity index (χ1n) is 4.30. The van der Waals surface area contributed by atoms with Crippen LogP contribution in [0.3, 0.4) is 0 Å². The van der Waals surface area contributed by atoms with Gasteiger partial charge in [0.1, 0.15) is 0 Å². The molecule has 0 radical (unpaired) electrons. The first kappa shape index (κ1) is 11.1. The predicted molar refractivity (Wildman–Crippen MR) is 62.4 cm³/mol. The predicted octanol–water partition coefficient (Wildman–Crippen LogP) is 4.49. The number of hydrogen-bond donors (Lipinski definition) is 0. The Morgan fingerprint density at radius 1 is 1.31 bits per heavy atom. The highest BCUT2D eigenvalue weighted by Crippen LogP contribution is 2.30. The molecule has 1 aromatic rings. The number of benzene rings is 1. The highest BCUT2D eigenvalue weighted by atomic mass is 79.9. The van der Waals surface area contributed by atoms with Gasteiger partial charge in [-0.1, -0.05) is 48.8 Å². The molecule has 0 saturated carbocycles. The van der Waals surface area contributed by atoms with E-state index in [1.165, 1.54) is 11.1 Å². The molecule has 0 atom stereocenters. The Balaban J connectivity index is 3.19. The van der Waals surface area contributed by atoms with E-state index in [-0.39, 0.29) is 5.41 Å². The molecule has 0 aromatic heterocycles. The Bertz CT molecular complexity index is 299. The minimum absolute atomic E-state index is 0.168. The van der Waals surface area contributed by atoms with Crippen molar-refractivity contribution >= 4 is 27.5 Å². The van der Waals surface area contributed by atoms with E-state index in [1.807, 2.05) is 6.07 Å². The molecule has 0 nitrogen and oxygen atoms in total. The second-order valence-corrected chi connectivity index (χ2v) is 5.32. The Hall–Kier alpha value is -0.0100. The fourth-order valence-corrected chi connectivity index (χ4v) is 2.24. The molecule has 0 aliphatic carbocycles. The third-order valence-electron chi connectivity index (χ3n) is 1.99. The average Bonchev–Trinajstić information content (AvgIpc) is 2.03. The van der Waals surface area contributed by atoms with Crippen molar-refractivity contribution in [3.63, 3.8) is 0 Å². The van der Waals surface area contributed by atoms with Crippen molar-refractivity contribution in [2.45, 2.75) is 32.1 Å². The van der Waals surface area contributed by atoms with Crippen LogP contribution in [0.2, 0.25) is 0 Å². The minimum atomic E-state index is 0.168. The van der Waals surface area contributed by atoms with E-state index in [4.69, 9.17) is 11.6 Å². The fraction of sp³-hybridized carbons (Fsp3) is 0.455. The first-order chi connectivity index (χ1) is 5.95. The lowest BCUT2D eigenvalue weighted by molar-refractivity contribution is 0.586. The lowest BCUT2D eigenvalue weighted by Gasteiger charge is -2.21. The third kappa shape index (κ3) is 2.72. The fourth-order valence-electron chi connectivity index (χ4n) is 1.23. The molecule has 0 aliphatic rings. The molecule has 0 amide bonds. The second kappa shape index (κ2) is 4.02. The molecular formula is C11H14BrCl. The maximum absolute atomic E-state index is 5.79. The van der Waals surface area contributed by atoms with Gasteiger partial charge in [0.15, 0.2) is 0 Å². The van der Waals surface area contributed by atoms with Crippen LogP contribution < -0.4 is 0 Å². The van der Waals surface area contributed by atoms with Crippen molar-refractivity contribution in [2.24, 2.45) is 0 Å². The summed E-state index contributed by atoms with van der Waals surface area (Å²) in [7, 11) is 0. The molecule has 0 spiro atoms. The number of hydrogen-bond acceptors (Lipinski definition) is 0. The summed E-state index contributed by atoms with van der Waals surface area (Å²) in [5.41, 5.74) is 2.65. The van der Waals surface area contributed by atoms with E-state index in [2.05, 4.69) is 48.8 Å². The summed E-state index contributed by atoms with van der Waals surface area (Å²) in [5.74, 6) is 0.580. The van der Waals surface area contributed by atoms with Crippen LogP contribution in [0.25, 0.3) is 0 Å². The summed E-state index contributed by atoms with van der Waals surface area (Å²) in [6.45, 7) is 6.60. The van der Waals surface area contributed by atoms with Crippen molar-refractivity contribution in [2.75, 3.05) is 0 Å². The van der Waals surface area contributed by atoms with E-state index in [0.29, 0.717) is 5.88 Å². The maximum atomic E-state index is 5.79. The smallest absolute Gasteiger partial charge is 0.0474 e. The van der Waals surface area contributed by atoms with Crippen LogP contribution in [-0.4, -0.2) is 0 Å². The molecule has 0 heterocycles. The molecule has 13 heavy (non-hydrogen) atoms. The molecule has 1 rings (SSSR count). The molecule has 0 N–H and O–H groups in total. The Labute approximate surface area is 93.4 Å². The van der Waals surface area contributed by atoms with Crippen LogP contribution in [0.4, 0.5) is 0 Å². The number of halogens is 2. The molecule has 72 valence electrons. The third-order valence-corrected chi connectivity index (χ3v) is 2.99. The molecule has 0 saturated heterocycles. The average molecular weight is 262 g/mol. The standard InChI is InChI=1S/C11H14BrCl/c1-11(2,3)9-6-8(7-13)4-5-10(9)12/h4-6H,7H2,1-3H3. The molecule has 1 aromatic carbocycles. The zero-order chi connectivity index (χ0) is 10.1. The van der Waals surface area contributed by atoms with Crippen LogP contribution in [-0.2, 0) is 11.3 Å². The van der Waals surface area contributed by atoms with E-state index in [1.54, 1.807) is 0 Å². The molecule has 2 heteroatoms. The zero-order valence-electron chi connectivity index (χ0n) is 8.20. The van der Waals surface area contributed by atoms with Gasteiger partial charge >= 0.3 is 0 Å². The van der Waals surface area contributed by atoms with E-state index in [9.17, 15) is 0 Å². The first-order valence-corrected chi connectivity index (χ1v) is 5.63. The van der Waals surface area contributed by atoms with Crippen LogP contribution in [0.5, 0.6) is 0 Å². The van der Waals surface area contributed by atoms with Crippen molar-refractivity contribution in [3.05, 3.63) is 33.8 Å². The van der Waals surface area contributed by atoms with E-state index >= 15 is 0 Å². The van der Waals surface area contributed by atoms with Crippen LogP contribution >= 0.6 is 27.5 Å². The van der Waals surface area contributed by atoms with Gasteiger partial charge in [-0.15, -0.1) is 11.6 Å². The van der Waals surface area contributed by atoms with Crippen molar-refractivity contribution < 1.29 is 0 Å². The van der Waals surface area contributed by atoms with Crippen molar-refractivity contribution in [1.82, 2.24) is 0 Å². The maximum Gasteiger partial charge on any atom is 0.0474 e. The summed E-state index contributed by atoms with van der Waals surface area (Å²) < 4.78 is 1.16. The normalized spacial score (nSPS) is 11.8. The monoisotopic (exact) mass is 260 g/mol. The van der Waals surface area contributed by atoms with Gasteiger partial charge in [-0.2, -0.15) is 0 Å². The lowest BCUT2D eigenvalue weighted by atomic mass is 9.86. The zero-order valence-corrected chi connectivity index (χ0v) is 10.5. The molecule has 0 bridgehead atoms. The second-order valence-electron chi connectivity index (χ2n) is 4.20. The van der Waals surface area contributed by atoms with Crippen LogP contribution in [0.15, 0.2) is 22.7 Å². The lowest BCUT2D eigenvalue weighted by Crippen LogP contribution is -2.12. The molecule has 0 aliphatic heterocycles. The van der Waals surface area contributed by atoms with Crippen LogP contribution in [0.1, 0.15) is 31.9 Å². The van der Waals surface area contributed by atoms with Gasteiger partial charge < -0.3 is 0 Å². The SMILES string of the molecule is CC(C)(C)c1cc(CCl)ccc1Br. The summed E-state index contributed by atoms with van der Waals surface area (Å²) in [4.78, 5) is 0. The largest absolute Gasteiger partial charge is 0.122 e. The summed E-state index contributed by atoms with van der Waals surface area (Å²) in [5, 5.41) is 0.